The maximum Gasteiger partial charge on any atom is 0.222 e. The van der Waals surface area contributed by atoms with Crippen molar-refractivity contribution < 1.29 is 9.18 Å². The number of amides is 1. The minimum absolute atomic E-state index is 0.00222. The molecule has 2 N–H and O–H groups in total. The number of halogens is 2. The third kappa shape index (κ3) is 2.71. The summed E-state index contributed by atoms with van der Waals surface area (Å²) in [6.45, 7) is 3.80. The molecule has 0 aliphatic heterocycles. The summed E-state index contributed by atoms with van der Waals surface area (Å²) in [5.74, 6) is -0.168. The van der Waals surface area contributed by atoms with Gasteiger partial charge in [0.25, 0.3) is 0 Å². The second-order valence-corrected chi connectivity index (χ2v) is 6.85. The lowest BCUT2D eigenvalue weighted by Crippen LogP contribution is -2.40. The van der Waals surface area contributed by atoms with Crippen LogP contribution in [0.5, 0.6) is 0 Å². The molecular weight excluding hydrogens is 335 g/mol. The van der Waals surface area contributed by atoms with Gasteiger partial charge in [-0.1, -0.05) is 13.8 Å². The number of fused-ring (bicyclic) bond motifs is 3. The Morgan fingerprint density at radius 3 is 2.95 bits per heavy atom. The van der Waals surface area contributed by atoms with Crippen LogP contribution in [0.4, 0.5) is 4.39 Å². The van der Waals surface area contributed by atoms with E-state index in [4.69, 9.17) is 0 Å². The number of hydrogen-bond acceptors (Lipinski definition) is 1. The maximum atomic E-state index is 13.6. The Morgan fingerprint density at radius 2 is 2.24 bits per heavy atom. The quantitative estimate of drug-likeness (QED) is 0.850. The van der Waals surface area contributed by atoms with Crippen LogP contribution in [0.3, 0.4) is 0 Å². The maximum absolute atomic E-state index is 13.6. The lowest BCUT2D eigenvalue weighted by Gasteiger charge is -2.24. The topological polar surface area (TPSA) is 44.9 Å². The molecule has 21 heavy (non-hydrogen) atoms. The van der Waals surface area contributed by atoms with Crippen molar-refractivity contribution in [3.63, 3.8) is 0 Å². The molecule has 1 aromatic heterocycles. The molecule has 1 atom stereocenters. The summed E-state index contributed by atoms with van der Waals surface area (Å²) in [6, 6.07) is 3.52. The predicted molar refractivity (Wildman–Crippen MR) is 84.8 cm³/mol. The molecule has 0 radical (unpaired) electrons. The van der Waals surface area contributed by atoms with E-state index >= 15 is 0 Å². The Hall–Kier alpha value is -1.36. The van der Waals surface area contributed by atoms with Crippen LogP contribution >= 0.6 is 15.9 Å². The summed E-state index contributed by atoms with van der Waals surface area (Å²) in [5, 5.41) is 4.14. The zero-order chi connectivity index (χ0) is 15.1. The van der Waals surface area contributed by atoms with Crippen molar-refractivity contribution in [3.8, 4) is 0 Å². The van der Waals surface area contributed by atoms with Gasteiger partial charge in [0, 0.05) is 28.6 Å². The smallest absolute Gasteiger partial charge is 0.222 e. The number of H-pyrrole nitrogens is 1. The zero-order valence-electron chi connectivity index (χ0n) is 12.1. The summed E-state index contributed by atoms with van der Waals surface area (Å²) < 4.78 is 14.1. The van der Waals surface area contributed by atoms with Crippen molar-refractivity contribution in [1.82, 2.24) is 10.3 Å². The molecule has 1 aliphatic carbocycles. The van der Waals surface area contributed by atoms with Crippen molar-refractivity contribution >= 4 is 32.7 Å². The van der Waals surface area contributed by atoms with E-state index in [1.165, 1.54) is 11.6 Å². The van der Waals surface area contributed by atoms with Crippen LogP contribution in [0, 0.1) is 11.7 Å². The summed E-state index contributed by atoms with van der Waals surface area (Å²) in [4.78, 5) is 15.2. The van der Waals surface area contributed by atoms with Crippen LogP contribution in [-0.2, 0) is 17.6 Å². The Bertz CT molecular complexity index is 708. The number of carbonyl (C=O) groups excluding carboxylic acids is 1. The molecule has 0 spiro atoms. The molecule has 5 heteroatoms. The number of aromatic nitrogens is 1. The van der Waals surface area contributed by atoms with E-state index in [-0.39, 0.29) is 23.7 Å². The summed E-state index contributed by atoms with van der Waals surface area (Å²) in [5.41, 5.74) is 3.19. The van der Waals surface area contributed by atoms with Gasteiger partial charge >= 0.3 is 0 Å². The molecule has 0 saturated heterocycles. The fourth-order valence-electron chi connectivity index (χ4n) is 2.91. The lowest BCUT2D eigenvalue weighted by molar-refractivity contribution is -0.124. The van der Waals surface area contributed by atoms with Gasteiger partial charge < -0.3 is 10.3 Å². The number of carbonyl (C=O) groups is 1. The van der Waals surface area contributed by atoms with Gasteiger partial charge in [0.15, 0.2) is 0 Å². The molecule has 1 aliphatic rings. The fourth-order valence-corrected chi connectivity index (χ4v) is 3.25. The highest BCUT2D eigenvalue weighted by molar-refractivity contribution is 9.10. The van der Waals surface area contributed by atoms with Crippen LogP contribution < -0.4 is 5.32 Å². The molecule has 1 unspecified atom stereocenters. The third-order valence-electron chi connectivity index (χ3n) is 4.10. The second-order valence-electron chi connectivity index (χ2n) is 6.00. The van der Waals surface area contributed by atoms with Gasteiger partial charge in [0.2, 0.25) is 5.91 Å². The highest BCUT2D eigenvalue weighted by atomic mass is 79.9. The minimum atomic E-state index is -0.259. The molecule has 2 aromatic rings. The molecule has 1 aromatic carbocycles. The first kappa shape index (κ1) is 14.6. The van der Waals surface area contributed by atoms with Crippen LogP contribution in [0.25, 0.3) is 10.9 Å². The van der Waals surface area contributed by atoms with E-state index in [1.807, 2.05) is 19.9 Å². The number of nitrogens with one attached hydrogen (secondary N) is 2. The molecule has 1 heterocycles. The molecule has 3 rings (SSSR count). The van der Waals surface area contributed by atoms with Crippen LogP contribution in [-0.4, -0.2) is 16.9 Å². The summed E-state index contributed by atoms with van der Waals surface area (Å²) in [7, 11) is 0. The van der Waals surface area contributed by atoms with E-state index < -0.39 is 0 Å². The third-order valence-corrected chi connectivity index (χ3v) is 4.71. The van der Waals surface area contributed by atoms with Crippen LogP contribution in [0.2, 0.25) is 0 Å². The number of hydrogen-bond donors (Lipinski definition) is 2. The van der Waals surface area contributed by atoms with Gasteiger partial charge in [-0.05, 0) is 52.9 Å². The monoisotopic (exact) mass is 352 g/mol. The number of benzene rings is 1. The lowest BCUT2D eigenvalue weighted by atomic mass is 9.91. The fraction of sp³-hybridized carbons (Fsp3) is 0.438. The molecular formula is C16H18BrFN2O. The number of aromatic amines is 1. The van der Waals surface area contributed by atoms with Gasteiger partial charge in [-0.25, -0.2) is 4.39 Å². The first-order valence-electron chi connectivity index (χ1n) is 7.24. The highest BCUT2D eigenvalue weighted by Gasteiger charge is 2.24. The Kier molecular flexibility index (Phi) is 3.78. The molecule has 0 saturated carbocycles. The van der Waals surface area contributed by atoms with Crippen LogP contribution in [0.15, 0.2) is 16.6 Å². The Labute approximate surface area is 131 Å². The van der Waals surface area contributed by atoms with E-state index in [9.17, 15) is 9.18 Å². The molecule has 112 valence electrons. The molecule has 0 fully saturated rings. The van der Waals surface area contributed by atoms with Crippen molar-refractivity contribution in [1.29, 1.82) is 0 Å². The van der Waals surface area contributed by atoms with E-state index in [2.05, 4.69) is 26.2 Å². The molecule has 0 bridgehead atoms. The van der Waals surface area contributed by atoms with E-state index in [0.29, 0.717) is 4.47 Å². The summed E-state index contributed by atoms with van der Waals surface area (Å²) >= 11 is 3.24. The summed E-state index contributed by atoms with van der Waals surface area (Å²) in [6.07, 6.45) is 2.60. The second kappa shape index (κ2) is 5.44. The highest BCUT2D eigenvalue weighted by Crippen LogP contribution is 2.32. The minimum Gasteiger partial charge on any atom is -0.358 e. The van der Waals surface area contributed by atoms with Crippen molar-refractivity contribution in [2.75, 3.05) is 0 Å². The Morgan fingerprint density at radius 1 is 1.48 bits per heavy atom. The van der Waals surface area contributed by atoms with Crippen molar-refractivity contribution in [3.05, 3.63) is 33.7 Å². The number of aryl methyl sites for hydroxylation is 1. The first-order chi connectivity index (χ1) is 9.95. The van der Waals surface area contributed by atoms with Gasteiger partial charge in [-0.3, -0.25) is 4.79 Å². The predicted octanol–water partition coefficient (Wildman–Crippen LogP) is 3.70. The van der Waals surface area contributed by atoms with E-state index in [0.717, 1.165) is 35.9 Å². The standard InChI is InChI=1S/C16H18BrFN2O/c1-8(2)16(21)19-9-3-4-14-10(5-9)11-6-12(17)13(18)7-15(11)20-14/h6-9,20H,3-5H2,1-2H3,(H,19,21). The van der Waals surface area contributed by atoms with Gasteiger partial charge in [0.05, 0.1) is 4.47 Å². The van der Waals surface area contributed by atoms with Crippen LogP contribution in [0.1, 0.15) is 31.5 Å². The van der Waals surface area contributed by atoms with Crippen molar-refractivity contribution in [2.24, 2.45) is 5.92 Å². The average Bonchev–Trinajstić information content (AvgIpc) is 2.76. The molecule has 3 nitrogen and oxygen atoms in total. The zero-order valence-corrected chi connectivity index (χ0v) is 13.7. The Balaban J connectivity index is 1.91. The molecule has 1 amide bonds. The van der Waals surface area contributed by atoms with Gasteiger partial charge in [-0.2, -0.15) is 0 Å². The van der Waals surface area contributed by atoms with Gasteiger partial charge in [0.1, 0.15) is 5.82 Å². The van der Waals surface area contributed by atoms with Gasteiger partial charge in [-0.15, -0.1) is 0 Å². The number of rotatable bonds is 2. The normalized spacial score (nSPS) is 18.0. The first-order valence-corrected chi connectivity index (χ1v) is 8.04. The largest absolute Gasteiger partial charge is 0.358 e. The average molecular weight is 353 g/mol. The van der Waals surface area contributed by atoms with Crippen molar-refractivity contribution in [2.45, 2.75) is 39.2 Å². The van der Waals surface area contributed by atoms with E-state index in [1.54, 1.807) is 0 Å². The SMILES string of the molecule is CC(C)C(=O)NC1CCc2[nH]c3cc(F)c(Br)cc3c2C1.